The Bertz CT molecular complexity index is 687. The summed E-state index contributed by atoms with van der Waals surface area (Å²) in [6, 6.07) is 6.86. The predicted molar refractivity (Wildman–Crippen MR) is 90.5 cm³/mol. The fraction of sp³-hybridized carbons (Fsp3) is 0.412. The summed E-state index contributed by atoms with van der Waals surface area (Å²) in [5, 5.41) is 16.9. The summed E-state index contributed by atoms with van der Waals surface area (Å²) >= 11 is 5.94. The minimum Gasteiger partial charge on any atom is -0.491 e. The molecule has 0 unspecified atom stereocenters. The van der Waals surface area contributed by atoms with Crippen molar-refractivity contribution in [2.45, 2.75) is 32.8 Å². The highest BCUT2D eigenvalue weighted by atomic mass is 35.5. The van der Waals surface area contributed by atoms with Gasteiger partial charge in [0, 0.05) is 24.1 Å². The number of rotatable bonds is 8. The zero-order valence-corrected chi connectivity index (χ0v) is 14.5. The molecule has 2 aromatic rings. The van der Waals surface area contributed by atoms with Crippen molar-refractivity contribution in [1.29, 1.82) is 0 Å². The average Bonchev–Trinajstić information content (AvgIpc) is 3.03. The standard InChI is InChI=1S/C17H21ClN2O4/c1-3-4-14-8-16(20-24-14)17(22)19-9-12(21)10-23-13-5-6-15(18)11(2)7-13/h5-8,12,21H,3-4,9-10H2,1-2H3,(H,19,22)/t12-/m0/s1. The van der Waals surface area contributed by atoms with Gasteiger partial charge < -0.3 is 19.7 Å². The molecule has 0 radical (unpaired) electrons. The summed E-state index contributed by atoms with van der Waals surface area (Å²) in [7, 11) is 0. The lowest BCUT2D eigenvalue weighted by molar-refractivity contribution is 0.0836. The van der Waals surface area contributed by atoms with Crippen molar-refractivity contribution in [1.82, 2.24) is 10.5 Å². The summed E-state index contributed by atoms with van der Waals surface area (Å²) in [4.78, 5) is 11.9. The number of aromatic nitrogens is 1. The van der Waals surface area contributed by atoms with Gasteiger partial charge in [-0.3, -0.25) is 4.79 Å². The van der Waals surface area contributed by atoms with Gasteiger partial charge in [0.1, 0.15) is 24.2 Å². The highest BCUT2D eigenvalue weighted by Crippen LogP contribution is 2.21. The van der Waals surface area contributed by atoms with Crippen molar-refractivity contribution in [3.05, 3.63) is 46.3 Å². The van der Waals surface area contributed by atoms with E-state index in [1.807, 2.05) is 13.8 Å². The molecule has 0 saturated heterocycles. The number of amides is 1. The van der Waals surface area contributed by atoms with E-state index in [1.54, 1.807) is 24.3 Å². The fourth-order valence-electron chi connectivity index (χ4n) is 2.04. The Hall–Kier alpha value is -2.05. The second kappa shape index (κ2) is 8.70. The smallest absolute Gasteiger partial charge is 0.273 e. The number of aliphatic hydroxyl groups excluding tert-OH is 1. The molecule has 7 heteroatoms. The first-order valence-electron chi connectivity index (χ1n) is 7.80. The topological polar surface area (TPSA) is 84.6 Å². The third-order valence-corrected chi connectivity index (χ3v) is 3.78. The summed E-state index contributed by atoms with van der Waals surface area (Å²) in [5.41, 5.74) is 1.10. The summed E-state index contributed by atoms with van der Waals surface area (Å²) < 4.78 is 10.5. The van der Waals surface area contributed by atoms with Crippen LogP contribution in [0.15, 0.2) is 28.8 Å². The number of benzene rings is 1. The highest BCUT2D eigenvalue weighted by molar-refractivity contribution is 6.31. The first-order chi connectivity index (χ1) is 11.5. The number of nitrogens with zero attached hydrogens (tertiary/aromatic N) is 1. The molecule has 2 rings (SSSR count). The third kappa shape index (κ3) is 5.25. The quantitative estimate of drug-likeness (QED) is 0.763. The molecule has 0 fully saturated rings. The number of aliphatic hydroxyl groups is 1. The number of halogens is 1. The van der Waals surface area contributed by atoms with Crippen LogP contribution in [0.5, 0.6) is 5.75 Å². The molecule has 24 heavy (non-hydrogen) atoms. The van der Waals surface area contributed by atoms with E-state index in [0.717, 1.165) is 18.4 Å². The first kappa shape index (κ1) is 18.3. The van der Waals surface area contributed by atoms with Gasteiger partial charge in [-0.2, -0.15) is 0 Å². The van der Waals surface area contributed by atoms with Gasteiger partial charge in [0.15, 0.2) is 5.69 Å². The monoisotopic (exact) mass is 352 g/mol. The summed E-state index contributed by atoms with van der Waals surface area (Å²) in [6.45, 7) is 4.00. The summed E-state index contributed by atoms with van der Waals surface area (Å²) in [5.74, 6) is 0.898. The van der Waals surface area contributed by atoms with E-state index in [4.69, 9.17) is 20.9 Å². The average molecular weight is 353 g/mol. The zero-order valence-electron chi connectivity index (χ0n) is 13.7. The van der Waals surface area contributed by atoms with Crippen molar-refractivity contribution in [3.63, 3.8) is 0 Å². The van der Waals surface area contributed by atoms with Crippen LogP contribution >= 0.6 is 11.6 Å². The molecule has 1 heterocycles. The van der Waals surface area contributed by atoms with Crippen LogP contribution in [-0.4, -0.2) is 35.4 Å². The van der Waals surface area contributed by atoms with Crippen LogP contribution in [0.2, 0.25) is 5.02 Å². The van der Waals surface area contributed by atoms with Crippen molar-refractivity contribution in [2.24, 2.45) is 0 Å². The van der Waals surface area contributed by atoms with Crippen LogP contribution < -0.4 is 10.1 Å². The Kier molecular flexibility index (Phi) is 6.63. The Morgan fingerprint density at radius 2 is 2.25 bits per heavy atom. The van der Waals surface area contributed by atoms with Gasteiger partial charge in [-0.15, -0.1) is 0 Å². The molecule has 0 aliphatic heterocycles. The van der Waals surface area contributed by atoms with E-state index >= 15 is 0 Å². The second-order valence-electron chi connectivity index (χ2n) is 5.51. The molecule has 2 N–H and O–H groups in total. The van der Waals surface area contributed by atoms with E-state index in [1.165, 1.54) is 0 Å². The Balaban J connectivity index is 1.76. The van der Waals surface area contributed by atoms with Gasteiger partial charge in [0.05, 0.1) is 0 Å². The number of ether oxygens (including phenoxy) is 1. The molecule has 0 bridgehead atoms. The lowest BCUT2D eigenvalue weighted by atomic mass is 10.2. The summed E-state index contributed by atoms with van der Waals surface area (Å²) in [6.07, 6.45) is 0.806. The Morgan fingerprint density at radius 1 is 1.46 bits per heavy atom. The largest absolute Gasteiger partial charge is 0.491 e. The number of carbonyl (C=O) groups is 1. The molecule has 1 aromatic carbocycles. The van der Waals surface area contributed by atoms with E-state index in [-0.39, 0.29) is 24.8 Å². The number of carbonyl (C=O) groups excluding carboxylic acids is 1. The van der Waals surface area contributed by atoms with Gasteiger partial charge in [-0.25, -0.2) is 0 Å². The van der Waals surface area contributed by atoms with Gasteiger partial charge in [-0.05, 0) is 37.1 Å². The van der Waals surface area contributed by atoms with Crippen molar-refractivity contribution in [3.8, 4) is 5.75 Å². The van der Waals surface area contributed by atoms with Crippen LogP contribution in [0.1, 0.15) is 35.2 Å². The number of nitrogens with one attached hydrogen (secondary N) is 1. The number of aryl methyl sites for hydroxylation is 2. The van der Waals surface area contributed by atoms with Crippen LogP contribution in [0.3, 0.4) is 0 Å². The van der Waals surface area contributed by atoms with Crippen LogP contribution in [0, 0.1) is 6.92 Å². The van der Waals surface area contributed by atoms with Gasteiger partial charge in [0.25, 0.3) is 5.91 Å². The molecule has 0 spiro atoms. The maximum Gasteiger partial charge on any atom is 0.273 e. The lowest BCUT2D eigenvalue weighted by Crippen LogP contribution is -2.35. The molecular formula is C17H21ClN2O4. The number of hydrogen-bond donors (Lipinski definition) is 2. The van der Waals surface area contributed by atoms with Gasteiger partial charge in [-0.1, -0.05) is 23.7 Å². The Morgan fingerprint density at radius 3 is 2.96 bits per heavy atom. The molecule has 1 amide bonds. The molecule has 130 valence electrons. The maximum atomic E-state index is 11.9. The second-order valence-corrected chi connectivity index (χ2v) is 5.92. The van der Waals surface area contributed by atoms with Crippen LogP contribution in [0.25, 0.3) is 0 Å². The molecule has 6 nitrogen and oxygen atoms in total. The van der Waals surface area contributed by atoms with Crippen LogP contribution in [-0.2, 0) is 6.42 Å². The molecule has 1 aromatic heterocycles. The molecule has 1 atom stereocenters. The van der Waals surface area contributed by atoms with E-state index < -0.39 is 6.10 Å². The molecule has 0 saturated carbocycles. The number of hydrogen-bond acceptors (Lipinski definition) is 5. The third-order valence-electron chi connectivity index (χ3n) is 3.36. The SMILES string of the molecule is CCCc1cc(C(=O)NC[C@H](O)COc2ccc(Cl)c(C)c2)no1. The van der Waals surface area contributed by atoms with Crippen molar-refractivity contribution in [2.75, 3.05) is 13.2 Å². The fourth-order valence-corrected chi connectivity index (χ4v) is 2.16. The molecule has 0 aliphatic carbocycles. The molecule has 0 aliphatic rings. The zero-order chi connectivity index (χ0) is 17.5. The van der Waals surface area contributed by atoms with E-state index in [0.29, 0.717) is 16.5 Å². The van der Waals surface area contributed by atoms with Gasteiger partial charge >= 0.3 is 0 Å². The minimum atomic E-state index is -0.841. The Labute approximate surface area is 145 Å². The van der Waals surface area contributed by atoms with Gasteiger partial charge in [0.2, 0.25) is 0 Å². The maximum absolute atomic E-state index is 11.9. The first-order valence-corrected chi connectivity index (χ1v) is 8.18. The van der Waals surface area contributed by atoms with Crippen LogP contribution in [0.4, 0.5) is 0 Å². The normalized spacial score (nSPS) is 12.0. The predicted octanol–water partition coefficient (Wildman–Crippen LogP) is 2.76. The lowest BCUT2D eigenvalue weighted by Gasteiger charge is -2.13. The minimum absolute atomic E-state index is 0.0568. The van der Waals surface area contributed by atoms with E-state index in [2.05, 4.69) is 10.5 Å². The van der Waals surface area contributed by atoms with Crippen molar-refractivity contribution < 1.29 is 19.2 Å². The molecular weight excluding hydrogens is 332 g/mol. The highest BCUT2D eigenvalue weighted by Gasteiger charge is 2.14. The van der Waals surface area contributed by atoms with Crippen molar-refractivity contribution >= 4 is 17.5 Å². The van der Waals surface area contributed by atoms with E-state index in [9.17, 15) is 9.90 Å².